The van der Waals surface area contributed by atoms with Crippen molar-refractivity contribution in [3.63, 3.8) is 0 Å². The summed E-state index contributed by atoms with van der Waals surface area (Å²) in [4.78, 5) is 4.05. The molecule has 0 aliphatic heterocycles. The molecule has 0 atom stereocenters. The summed E-state index contributed by atoms with van der Waals surface area (Å²) in [6.45, 7) is 2.48. The third-order valence-corrected chi connectivity index (χ3v) is 2.95. The van der Waals surface area contributed by atoms with Gasteiger partial charge in [-0.2, -0.15) is 4.98 Å². The van der Waals surface area contributed by atoms with Crippen LogP contribution in [0.25, 0.3) is 0 Å². The predicted molar refractivity (Wildman–Crippen MR) is 65.4 cm³/mol. The summed E-state index contributed by atoms with van der Waals surface area (Å²) in [5.41, 5.74) is 6.60. The standard InChI is InChI=1S/C11H12BrN3O2/c1-7-14-11(15-17-7)6-16-9-2-3-10(12)8(4-9)5-13/h2-4H,5-6,13H2,1H3. The first-order valence-electron chi connectivity index (χ1n) is 5.09. The molecule has 1 heterocycles. The van der Waals surface area contributed by atoms with Gasteiger partial charge in [-0.15, -0.1) is 0 Å². The van der Waals surface area contributed by atoms with E-state index in [0.717, 1.165) is 15.8 Å². The van der Waals surface area contributed by atoms with Crippen molar-refractivity contribution in [1.29, 1.82) is 0 Å². The van der Waals surface area contributed by atoms with Crippen molar-refractivity contribution in [3.05, 3.63) is 40.0 Å². The molecule has 2 aromatic rings. The van der Waals surface area contributed by atoms with E-state index < -0.39 is 0 Å². The van der Waals surface area contributed by atoms with Crippen molar-refractivity contribution in [3.8, 4) is 5.75 Å². The molecule has 17 heavy (non-hydrogen) atoms. The first kappa shape index (κ1) is 12.1. The van der Waals surface area contributed by atoms with Gasteiger partial charge < -0.3 is 15.0 Å². The molecule has 0 saturated carbocycles. The van der Waals surface area contributed by atoms with Gasteiger partial charge in [-0.1, -0.05) is 21.1 Å². The lowest BCUT2D eigenvalue weighted by molar-refractivity contribution is 0.285. The second-order valence-electron chi connectivity index (χ2n) is 3.48. The summed E-state index contributed by atoms with van der Waals surface area (Å²) in [6.07, 6.45) is 0. The Hall–Kier alpha value is -1.40. The number of nitrogens with two attached hydrogens (primary N) is 1. The van der Waals surface area contributed by atoms with Crippen molar-refractivity contribution in [2.75, 3.05) is 0 Å². The van der Waals surface area contributed by atoms with Crippen LogP contribution in [-0.2, 0) is 13.2 Å². The Kier molecular flexibility index (Phi) is 3.75. The summed E-state index contributed by atoms with van der Waals surface area (Å²) in [5, 5.41) is 3.75. The first-order valence-corrected chi connectivity index (χ1v) is 5.89. The van der Waals surface area contributed by atoms with Gasteiger partial charge in [0.2, 0.25) is 11.7 Å². The van der Waals surface area contributed by atoms with Gasteiger partial charge in [-0.3, -0.25) is 0 Å². The van der Waals surface area contributed by atoms with E-state index in [0.29, 0.717) is 18.3 Å². The number of ether oxygens (including phenoxy) is 1. The van der Waals surface area contributed by atoms with Crippen molar-refractivity contribution in [2.24, 2.45) is 5.73 Å². The summed E-state index contributed by atoms with van der Waals surface area (Å²) < 4.78 is 11.4. The third-order valence-electron chi connectivity index (χ3n) is 2.17. The normalized spacial score (nSPS) is 10.5. The van der Waals surface area contributed by atoms with Gasteiger partial charge in [0.1, 0.15) is 5.75 Å². The van der Waals surface area contributed by atoms with Crippen LogP contribution in [0, 0.1) is 6.92 Å². The van der Waals surface area contributed by atoms with E-state index >= 15 is 0 Å². The van der Waals surface area contributed by atoms with Crippen LogP contribution >= 0.6 is 15.9 Å². The van der Waals surface area contributed by atoms with Crippen molar-refractivity contribution in [2.45, 2.75) is 20.1 Å². The average Bonchev–Trinajstić information content (AvgIpc) is 2.74. The monoisotopic (exact) mass is 297 g/mol. The minimum absolute atomic E-state index is 0.281. The highest BCUT2D eigenvalue weighted by molar-refractivity contribution is 9.10. The van der Waals surface area contributed by atoms with Gasteiger partial charge in [0.15, 0.2) is 6.61 Å². The lowest BCUT2D eigenvalue weighted by Crippen LogP contribution is -2.01. The molecule has 2 rings (SSSR count). The molecule has 1 aromatic carbocycles. The summed E-state index contributed by atoms with van der Waals surface area (Å²) in [7, 11) is 0. The molecule has 0 fully saturated rings. The Morgan fingerprint density at radius 1 is 1.47 bits per heavy atom. The second-order valence-corrected chi connectivity index (χ2v) is 4.33. The van der Waals surface area contributed by atoms with Crippen LogP contribution in [0.2, 0.25) is 0 Å². The molecular weight excluding hydrogens is 286 g/mol. The molecule has 6 heteroatoms. The molecule has 0 radical (unpaired) electrons. The summed E-state index contributed by atoms with van der Waals surface area (Å²) in [6, 6.07) is 5.65. The predicted octanol–water partition coefficient (Wildman–Crippen LogP) is 2.18. The average molecular weight is 298 g/mol. The molecule has 2 N–H and O–H groups in total. The highest BCUT2D eigenvalue weighted by atomic mass is 79.9. The highest BCUT2D eigenvalue weighted by Crippen LogP contribution is 2.22. The number of aromatic nitrogens is 2. The van der Waals surface area contributed by atoms with E-state index in [-0.39, 0.29) is 6.61 Å². The molecular formula is C11H12BrN3O2. The lowest BCUT2D eigenvalue weighted by atomic mass is 10.2. The van der Waals surface area contributed by atoms with Crippen LogP contribution in [0.3, 0.4) is 0 Å². The maximum atomic E-state index is 5.60. The lowest BCUT2D eigenvalue weighted by Gasteiger charge is -2.06. The number of aryl methyl sites for hydroxylation is 1. The quantitative estimate of drug-likeness (QED) is 0.936. The number of hydrogen-bond donors (Lipinski definition) is 1. The van der Waals surface area contributed by atoms with Crippen LogP contribution < -0.4 is 10.5 Å². The number of halogens is 1. The Balaban J connectivity index is 2.04. The second kappa shape index (κ2) is 5.29. The molecule has 0 spiro atoms. The van der Waals surface area contributed by atoms with E-state index in [1.165, 1.54) is 0 Å². The number of benzene rings is 1. The Morgan fingerprint density at radius 3 is 2.94 bits per heavy atom. The Bertz CT molecular complexity index is 513. The van der Waals surface area contributed by atoms with Crippen LogP contribution in [0.5, 0.6) is 5.75 Å². The zero-order valence-electron chi connectivity index (χ0n) is 9.31. The van der Waals surface area contributed by atoms with E-state index in [1.807, 2.05) is 18.2 Å². The number of nitrogens with zero attached hydrogens (tertiary/aromatic N) is 2. The minimum atomic E-state index is 0.281. The first-order chi connectivity index (χ1) is 8.19. The maximum Gasteiger partial charge on any atom is 0.223 e. The van der Waals surface area contributed by atoms with Crippen LogP contribution in [0.15, 0.2) is 27.2 Å². The smallest absolute Gasteiger partial charge is 0.223 e. The Morgan fingerprint density at radius 2 is 2.29 bits per heavy atom. The fourth-order valence-electron chi connectivity index (χ4n) is 1.35. The van der Waals surface area contributed by atoms with Gasteiger partial charge in [0, 0.05) is 17.9 Å². The largest absolute Gasteiger partial charge is 0.485 e. The van der Waals surface area contributed by atoms with Crippen molar-refractivity contribution in [1.82, 2.24) is 10.1 Å². The van der Waals surface area contributed by atoms with Crippen LogP contribution in [0.4, 0.5) is 0 Å². The topological polar surface area (TPSA) is 74.2 Å². The highest BCUT2D eigenvalue weighted by Gasteiger charge is 2.05. The van der Waals surface area contributed by atoms with Gasteiger partial charge >= 0.3 is 0 Å². The molecule has 90 valence electrons. The van der Waals surface area contributed by atoms with E-state index in [2.05, 4.69) is 26.1 Å². The van der Waals surface area contributed by atoms with Crippen LogP contribution in [0.1, 0.15) is 17.3 Å². The SMILES string of the molecule is Cc1nc(COc2ccc(Br)c(CN)c2)no1. The molecule has 0 amide bonds. The summed E-state index contributed by atoms with van der Waals surface area (Å²) >= 11 is 3.41. The van der Waals surface area contributed by atoms with Gasteiger partial charge in [-0.25, -0.2) is 0 Å². The minimum Gasteiger partial charge on any atom is -0.485 e. The fraction of sp³-hybridized carbons (Fsp3) is 0.273. The van der Waals surface area contributed by atoms with Gasteiger partial charge in [0.25, 0.3) is 0 Å². The number of hydrogen-bond acceptors (Lipinski definition) is 5. The van der Waals surface area contributed by atoms with Crippen molar-refractivity contribution < 1.29 is 9.26 Å². The molecule has 5 nitrogen and oxygen atoms in total. The van der Waals surface area contributed by atoms with E-state index in [9.17, 15) is 0 Å². The fourth-order valence-corrected chi connectivity index (χ4v) is 1.75. The molecule has 0 bridgehead atoms. The van der Waals surface area contributed by atoms with E-state index in [1.54, 1.807) is 6.92 Å². The summed E-state index contributed by atoms with van der Waals surface area (Å²) in [5.74, 6) is 1.79. The number of rotatable bonds is 4. The maximum absolute atomic E-state index is 5.60. The Labute approximate surface area is 107 Å². The van der Waals surface area contributed by atoms with Crippen LogP contribution in [-0.4, -0.2) is 10.1 Å². The van der Waals surface area contributed by atoms with Gasteiger partial charge in [0.05, 0.1) is 0 Å². The third kappa shape index (κ3) is 3.04. The zero-order chi connectivity index (χ0) is 12.3. The van der Waals surface area contributed by atoms with E-state index in [4.69, 9.17) is 15.0 Å². The zero-order valence-corrected chi connectivity index (χ0v) is 10.9. The molecule has 0 aliphatic rings. The van der Waals surface area contributed by atoms with Crippen molar-refractivity contribution >= 4 is 15.9 Å². The molecule has 0 unspecified atom stereocenters. The van der Waals surface area contributed by atoms with Gasteiger partial charge in [-0.05, 0) is 23.8 Å². The molecule has 0 aliphatic carbocycles. The molecule has 1 aromatic heterocycles. The molecule has 0 saturated heterocycles.